The van der Waals surface area contributed by atoms with E-state index in [0.717, 1.165) is 46.5 Å². The van der Waals surface area contributed by atoms with Crippen LogP contribution in [0.15, 0.2) is 61.1 Å². The summed E-state index contributed by atoms with van der Waals surface area (Å²) in [5.41, 5.74) is 5.43. The fourth-order valence-electron chi connectivity index (χ4n) is 4.56. The minimum atomic E-state index is -0.168. The van der Waals surface area contributed by atoms with Gasteiger partial charge in [0.25, 0.3) is 5.91 Å². The first-order chi connectivity index (χ1) is 15.6. The van der Waals surface area contributed by atoms with E-state index in [1.807, 2.05) is 67.3 Å². The second-order valence-electron chi connectivity index (χ2n) is 8.40. The van der Waals surface area contributed by atoms with Crippen LogP contribution in [0.5, 0.6) is 0 Å². The van der Waals surface area contributed by atoms with Crippen molar-refractivity contribution in [2.75, 3.05) is 23.3 Å². The monoisotopic (exact) mass is 425 g/mol. The van der Waals surface area contributed by atoms with E-state index in [1.54, 1.807) is 6.20 Å². The maximum atomic E-state index is 13.2. The van der Waals surface area contributed by atoms with Crippen LogP contribution < -0.4 is 10.2 Å². The molecule has 0 atom stereocenters. The number of hydrogen-bond donors (Lipinski definition) is 1. The zero-order valence-corrected chi connectivity index (χ0v) is 18.5. The number of hydrogen-bond acceptors (Lipinski definition) is 4. The normalized spacial score (nSPS) is 14.0. The highest BCUT2D eigenvalue weighted by Gasteiger charge is 2.19. The summed E-state index contributed by atoms with van der Waals surface area (Å²) in [6.45, 7) is 6.10. The van der Waals surface area contributed by atoms with Crippen molar-refractivity contribution in [1.29, 1.82) is 0 Å². The number of nitrogens with one attached hydrogen (secondary N) is 1. The van der Waals surface area contributed by atoms with Crippen LogP contribution in [0, 0.1) is 13.8 Å². The third-order valence-corrected chi connectivity index (χ3v) is 6.34. The lowest BCUT2D eigenvalue weighted by molar-refractivity contribution is 0.102. The Hall–Kier alpha value is -3.67. The molecule has 0 bridgehead atoms. The molecular formula is C26H27N5O. The molecule has 5 rings (SSSR count). The van der Waals surface area contributed by atoms with Crippen LogP contribution in [-0.4, -0.2) is 33.8 Å². The molecule has 2 aromatic heterocycles. The van der Waals surface area contributed by atoms with Crippen molar-refractivity contribution < 1.29 is 4.79 Å². The summed E-state index contributed by atoms with van der Waals surface area (Å²) < 4.78 is 1.82. The molecule has 0 aliphatic carbocycles. The van der Waals surface area contributed by atoms with E-state index in [9.17, 15) is 4.79 Å². The van der Waals surface area contributed by atoms with Crippen LogP contribution >= 0.6 is 0 Å². The Morgan fingerprint density at radius 3 is 2.53 bits per heavy atom. The Morgan fingerprint density at radius 2 is 1.72 bits per heavy atom. The van der Waals surface area contributed by atoms with E-state index in [1.165, 1.54) is 24.9 Å². The lowest BCUT2D eigenvalue weighted by Crippen LogP contribution is -2.29. The zero-order valence-electron chi connectivity index (χ0n) is 18.5. The van der Waals surface area contributed by atoms with Crippen molar-refractivity contribution in [3.63, 3.8) is 0 Å². The van der Waals surface area contributed by atoms with Gasteiger partial charge in [-0.15, -0.1) is 0 Å². The molecule has 0 saturated carbocycles. The zero-order chi connectivity index (χ0) is 22.1. The third-order valence-electron chi connectivity index (χ3n) is 6.34. The summed E-state index contributed by atoms with van der Waals surface area (Å²) in [4.78, 5) is 20.0. The number of pyridine rings is 1. The van der Waals surface area contributed by atoms with E-state index < -0.39 is 0 Å². The molecule has 2 aromatic carbocycles. The summed E-state index contributed by atoms with van der Waals surface area (Å²) in [5.74, 6) is -0.168. The first kappa shape index (κ1) is 20.2. The van der Waals surface area contributed by atoms with Gasteiger partial charge in [-0.3, -0.25) is 9.78 Å². The molecule has 0 unspecified atom stereocenters. The number of fused-ring (bicyclic) bond motifs is 1. The molecule has 6 heteroatoms. The van der Waals surface area contributed by atoms with Gasteiger partial charge in [0.05, 0.1) is 28.8 Å². The largest absolute Gasteiger partial charge is 0.371 e. The average Bonchev–Trinajstić information content (AvgIpc) is 3.21. The molecule has 4 aromatic rings. The van der Waals surface area contributed by atoms with E-state index >= 15 is 0 Å². The van der Waals surface area contributed by atoms with Crippen molar-refractivity contribution in [2.45, 2.75) is 33.1 Å². The maximum Gasteiger partial charge on any atom is 0.259 e. The number of aryl methyl sites for hydroxylation is 1. The minimum absolute atomic E-state index is 0.168. The third kappa shape index (κ3) is 3.62. The van der Waals surface area contributed by atoms with Crippen molar-refractivity contribution in [2.24, 2.45) is 0 Å². The predicted molar refractivity (Wildman–Crippen MR) is 129 cm³/mol. The number of carbonyl (C=O) groups is 1. The molecule has 0 spiro atoms. The Bertz CT molecular complexity index is 1290. The molecule has 1 amide bonds. The fraction of sp³-hybridized carbons (Fsp3) is 0.269. The van der Waals surface area contributed by atoms with Gasteiger partial charge in [0.1, 0.15) is 0 Å². The van der Waals surface area contributed by atoms with Gasteiger partial charge in [0.2, 0.25) is 0 Å². The van der Waals surface area contributed by atoms with Crippen LogP contribution in [0.2, 0.25) is 0 Å². The van der Waals surface area contributed by atoms with Gasteiger partial charge in [0, 0.05) is 41.9 Å². The first-order valence-corrected chi connectivity index (χ1v) is 11.2. The smallest absolute Gasteiger partial charge is 0.259 e. The highest BCUT2D eigenvalue weighted by atomic mass is 16.1. The summed E-state index contributed by atoms with van der Waals surface area (Å²) in [6.07, 6.45) is 9.02. The number of piperidine rings is 1. The molecule has 1 aliphatic heterocycles. The van der Waals surface area contributed by atoms with Crippen LogP contribution in [0.3, 0.4) is 0 Å². The van der Waals surface area contributed by atoms with E-state index in [-0.39, 0.29) is 5.91 Å². The lowest BCUT2D eigenvalue weighted by Gasteiger charge is -2.30. The molecule has 0 radical (unpaired) electrons. The molecule has 6 nitrogen and oxygen atoms in total. The predicted octanol–water partition coefficient (Wildman–Crippen LogP) is 5.28. The number of nitrogens with zero attached hydrogens (tertiary/aromatic N) is 4. The Balaban J connectivity index is 1.47. The fourth-order valence-corrected chi connectivity index (χ4v) is 4.56. The van der Waals surface area contributed by atoms with Crippen molar-refractivity contribution in [3.05, 3.63) is 77.9 Å². The van der Waals surface area contributed by atoms with Gasteiger partial charge in [-0.2, -0.15) is 5.10 Å². The number of amides is 1. The summed E-state index contributed by atoms with van der Waals surface area (Å²) in [6, 6.07) is 14.2. The molecule has 162 valence electrons. The second-order valence-corrected chi connectivity index (χ2v) is 8.40. The summed E-state index contributed by atoms with van der Waals surface area (Å²) in [5, 5.41) is 9.65. The number of rotatable bonds is 4. The van der Waals surface area contributed by atoms with Crippen LogP contribution in [-0.2, 0) is 0 Å². The van der Waals surface area contributed by atoms with Gasteiger partial charge in [-0.1, -0.05) is 18.2 Å². The molecular weight excluding hydrogens is 398 g/mol. The number of carbonyl (C=O) groups excluding carboxylic acids is 1. The highest BCUT2D eigenvalue weighted by molar-refractivity contribution is 6.11. The van der Waals surface area contributed by atoms with Crippen molar-refractivity contribution in [1.82, 2.24) is 14.8 Å². The quantitative estimate of drug-likeness (QED) is 0.483. The van der Waals surface area contributed by atoms with E-state index in [4.69, 9.17) is 0 Å². The minimum Gasteiger partial charge on any atom is -0.371 e. The average molecular weight is 426 g/mol. The van der Waals surface area contributed by atoms with Gasteiger partial charge >= 0.3 is 0 Å². The van der Waals surface area contributed by atoms with Crippen LogP contribution in [0.25, 0.3) is 16.5 Å². The number of anilines is 2. The van der Waals surface area contributed by atoms with Crippen LogP contribution in [0.1, 0.15) is 40.9 Å². The molecule has 32 heavy (non-hydrogen) atoms. The molecule has 1 aliphatic rings. The van der Waals surface area contributed by atoms with E-state index in [2.05, 4.69) is 26.4 Å². The lowest BCUT2D eigenvalue weighted by atomic mass is 10.0. The molecule has 1 N–H and O–H groups in total. The van der Waals surface area contributed by atoms with Gasteiger partial charge in [0.15, 0.2) is 0 Å². The van der Waals surface area contributed by atoms with Crippen LogP contribution in [0.4, 0.5) is 11.4 Å². The Morgan fingerprint density at radius 1 is 0.906 bits per heavy atom. The van der Waals surface area contributed by atoms with Crippen molar-refractivity contribution in [3.8, 4) is 5.69 Å². The highest BCUT2D eigenvalue weighted by Crippen LogP contribution is 2.33. The van der Waals surface area contributed by atoms with Gasteiger partial charge in [-0.05, 0) is 62.9 Å². The number of aromatic nitrogens is 3. The SMILES string of the molecule is Cc1ccccc1-n1ncc(C(=O)Nc2ccc(N3CCCCC3)c3ccncc23)c1C. The summed E-state index contributed by atoms with van der Waals surface area (Å²) >= 11 is 0. The Kier molecular flexibility index (Phi) is 5.35. The molecule has 3 heterocycles. The summed E-state index contributed by atoms with van der Waals surface area (Å²) in [7, 11) is 0. The Labute approximate surface area is 187 Å². The first-order valence-electron chi connectivity index (χ1n) is 11.2. The van der Waals surface area contributed by atoms with Crippen molar-refractivity contribution >= 4 is 28.1 Å². The number of benzene rings is 2. The molecule has 1 saturated heterocycles. The molecule has 1 fully saturated rings. The second kappa shape index (κ2) is 8.46. The standard InChI is InChI=1S/C26H27N5O/c1-18-8-4-5-9-24(18)31-19(2)21(17-28-31)26(32)29-23-10-11-25(30-14-6-3-7-15-30)20-12-13-27-16-22(20)23/h4-5,8-13,16-17H,3,6-7,14-15H2,1-2H3,(H,29,32). The maximum absolute atomic E-state index is 13.2. The topological polar surface area (TPSA) is 63.1 Å². The van der Waals surface area contributed by atoms with Gasteiger partial charge in [-0.25, -0.2) is 4.68 Å². The van der Waals surface area contributed by atoms with E-state index in [0.29, 0.717) is 5.56 Å². The number of para-hydroxylation sites is 1. The van der Waals surface area contributed by atoms with Gasteiger partial charge < -0.3 is 10.2 Å².